The van der Waals surface area contributed by atoms with Gasteiger partial charge in [0.25, 0.3) is 0 Å². The maximum atomic E-state index is 12.7. The van der Waals surface area contributed by atoms with Gasteiger partial charge in [-0.1, -0.05) is 11.6 Å². The molecule has 0 amide bonds. The highest BCUT2D eigenvalue weighted by Crippen LogP contribution is 2.32. The molecule has 102 valence electrons. The second-order valence-corrected chi connectivity index (χ2v) is 4.04. The van der Waals surface area contributed by atoms with Gasteiger partial charge in [0.05, 0.1) is 23.4 Å². The first-order chi connectivity index (χ1) is 8.84. The molecule has 0 aliphatic rings. The zero-order chi connectivity index (χ0) is 14.2. The smallest absolute Gasteiger partial charge is 0.417 e. The zero-order valence-corrected chi connectivity index (χ0v) is 10.4. The first-order valence-electron chi connectivity index (χ1n) is 5.25. The van der Waals surface area contributed by atoms with Crippen molar-refractivity contribution in [2.75, 3.05) is 6.61 Å². The van der Waals surface area contributed by atoms with Gasteiger partial charge in [0.2, 0.25) is 0 Å². The summed E-state index contributed by atoms with van der Waals surface area (Å²) in [6, 6.07) is 0.763. The van der Waals surface area contributed by atoms with E-state index in [0.717, 1.165) is 22.9 Å². The van der Waals surface area contributed by atoms with Crippen LogP contribution in [-0.2, 0) is 10.9 Å². The first kappa shape index (κ1) is 13.7. The molecule has 4 nitrogen and oxygen atoms in total. The molecule has 0 aliphatic carbocycles. The van der Waals surface area contributed by atoms with Crippen molar-refractivity contribution >= 4 is 23.2 Å². The highest BCUT2D eigenvalue weighted by molar-refractivity contribution is 6.33. The van der Waals surface area contributed by atoms with E-state index in [4.69, 9.17) is 16.3 Å². The van der Waals surface area contributed by atoms with Crippen LogP contribution in [0.1, 0.15) is 23.0 Å². The molecular weight excluding hydrogens is 285 g/mol. The molecule has 0 radical (unpaired) electrons. The lowest BCUT2D eigenvalue weighted by atomic mass is 10.2. The van der Waals surface area contributed by atoms with Gasteiger partial charge in [0, 0.05) is 6.20 Å². The highest BCUT2D eigenvalue weighted by Gasteiger charge is 2.32. The van der Waals surface area contributed by atoms with Crippen LogP contribution in [0.2, 0.25) is 5.02 Å². The minimum Gasteiger partial charge on any atom is -0.461 e. The Bertz CT molecular complexity index is 637. The quantitative estimate of drug-likeness (QED) is 0.799. The Morgan fingerprint density at radius 2 is 2.21 bits per heavy atom. The van der Waals surface area contributed by atoms with E-state index in [9.17, 15) is 18.0 Å². The Balaban J connectivity index is 2.63. The second kappa shape index (κ2) is 4.73. The number of imidazole rings is 1. The van der Waals surface area contributed by atoms with Crippen molar-refractivity contribution in [1.82, 2.24) is 9.38 Å². The normalized spacial score (nSPS) is 11.8. The fourth-order valence-electron chi connectivity index (χ4n) is 1.56. The summed E-state index contributed by atoms with van der Waals surface area (Å²) in [6.45, 7) is 1.70. The molecule has 0 saturated carbocycles. The minimum atomic E-state index is -4.56. The van der Waals surface area contributed by atoms with Crippen LogP contribution in [-0.4, -0.2) is 22.0 Å². The summed E-state index contributed by atoms with van der Waals surface area (Å²) in [5, 5.41) is -0.189. The number of ether oxygens (including phenoxy) is 1. The van der Waals surface area contributed by atoms with E-state index in [-0.39, 0.29) is 23.0 Å². The Kier molecular flexibility index (Phi) is 3.40. The Morgan fingerprint density at radius 1 is 1.53 bits per heavy atom. The van der Waals surface area contributed by atoms with Gasteiger partial charge in [-0.3, -0.25) is 4.40 Å². The van der Waals surface area contributed by atoms with Crippen LogP contribution in [0.5, 0.6) is 0 Å². The number of carbonyl (C=O) groups excluding carboxylic acids is 1. The second-order valence-electron chi connectivity index (χ2n) is 3.63. The van der Waals surface area contributed by atoms with Gasteiger partial charge >= 0.3 is 12.1 Å². The van der Waals surface area contributed by atoms with Gasteiger partial charge in [-0.15, -0.1) is 0 Å². The molecule has 0 unspecified atom stereocenters. The van der Waals surface area contributed by atoms with E-state index in [1.54, 1.807) is 6.92 Å². The number of nitrogens with zero attached hydrogens (tertiary/aromatic N) is 2. The molecule has 0 bridgehead atoms. The standard InChI is InChI=1S/C11H8ClF3N2O2/c1-2-19-10(18)8-4-16-9-7(12)3-6(5-17(8)9)11(13,14)15/h3-5H,2H2,1H3. The lowest BCUT2D eigenvalue weighted by Gasteiger charge is -2.09. The lowest BCUT2D eigenvalue weighted by Crippen LogP contribution is -2.11. The molecule has 0 N–H and O–H groups in total. The monoisotopic (exact) mass is 292 g/mol. The molecule has 0 aliphatic heterocycles. The number of aromatic nitrogens is 2. The molecule has 8 heteroatoms. The zero-order valence-electron chi connectivity index (χ0n) is 9.66. The number of halogens is 4. The van der Waals surface area contributed by atoms with E-state index in [0.29, 0.717) is 0 Å². The average Bonchev–Trinajstić information content (AvgIpc) is 2.72. The third-order valence-electron chi connectivity index (χ3n) is 2.37. The number of fused-ring (bicyclic) bond motifs is 1. The molecule has 2 aromatic heterocycles. The summed E-state index contributed by atoms with van der Waals surface area (Å²) in [6.07, 6.45) is -2.67. The van der Waals surface area contributed by atoms with E-state index in [1.807, 2.05) is 0 Å². The topological polar surface area (TPSA) is 43.6 Å². The number of rotatable bonds is 2. The molecule has 2 heterocycles. The van der Waals surface area contributed by atoms with Gasteiger partial charge in [0.1, 0.15) is 0 Å². The Morgan fingerprint density at radius 3 is 2.79 bits per heavy atom. The van der Waals surface area contributed by atoms with Crippen molar-refractivity contribution in [3.8, 4) is 0 Å². The minimum absolute atomic E-state index is 0.0673. The molecule has 0 atom stereocenters. The fourth-order valence-corrected chi connectivity index (χ4v) is 1.81. The Hall–Kier alpha value is -1.76. The molecule has 0 fully saturated rings. The number of esters is 1. The molecule has 2 rings (SSSR count). The van der Waals surface area contributed by atoms with E-state index in [1.165, 1.54) is 0 Å². The highest BCUT2D eigenvalue weighted by atomic mass is 35.5. The first-order valence-corrected chi connectivity index (χ1v) is 5.63. The van der Waals surface area contributed by atoms with Crippen LogP contribution < -0.4 is 0 Å². The van der Waals surface area contributed by atoms with Crippen molar-refractivity contribution in [2.45, 2.75) is 13.1 Å². The molecule has 0 spiro atoms. The largest absolute Gasteiger partial charge is 0.461 e. The van der Waals surface area contributed by atoms with Crippen LogP contribution in [0.3, 0.4) is 0 Å². The van der Waals surface area contributed by atoms with Gasteiger partial charge in [-0.25, -0.2) is 9.78 Å². The predicted octanol–water partition coefficient (Wildman–Crippen LogP) is 3.18. The van der Waals surface area contributed by atoms with Crippen molar-refractivity contribution in [3.05, 3.63) is 34.7 Å². The maximum absolute atomic E-state index is 12.7. The maximum Gasteiger partial charge on any atom is 0.417 e. The third-order valence-corrected chi connectivity index (χ3v) is 2.65. The summed E-state index contributed by atoms with van der Waals surface area (Å²) in [4.78, 5) is 15.4. The molecule has 0 saturated heterocycles. The average molecular weight is 293 g/mol. The predicted molar refractivity (Wildman–Crippen MR) is 61.2 cm³/mol. The van der Waals surface area contributed by atoms with Gasteiger partial charge in [0.15, 0.2) is 11.3 Å². The van der Waals surface area contributed by atoms with E-state index < -0.39 is 17.7 Å². The number of pyridine rings is 1. The SMILES string of the molecule is CCOC(=O)c1cnc2c(Cl)cc(C(F)(F)F)cn12. The van der Waals surface area contributed by atoms with Crippen molar-refractivity contribution < 1.29 is 22.7 Å². The lowest BCUT2D eigenvalue weighted by molar-refractivity contribution is -0.137. The molecule has 2 aromatic rings. The summed E-state index contributed by atoms with van der Waals surface area (Å²) in [5.41, 5.74) is -1.00. The fraction of sp³-hybridized carbons (Fsp3) is 0.273. The van der Waals surface area contributed by atoms with Gasteiger partial charge < -0.3 is 4.74 Å². The summed E-state index contributed by atoms with van der Waals surface area (Å²) < 4.78 is 43.7. The number of hydrogen-bond donors (Lipinski definition) is 0. The summed E-state index contributed by atoms with van der Waals surface area (Å²) in [7, 11) is 0. The molecule has 19 heavy (non-hydrogen) atoms. The number of alkyl halides is 3. The van der Waals surface area contributed by atoms with Crippen molar-refractivity contribution in [3.63, 3.8) is 0 Å². The van der Waals surface area contributed by atoms with Crippen LogP contribution >= 0.6 is 11.6 Å². The number of hydrogen-bond acceptors (Lipinski definition) is 3. The third kappa shape index (κ3) is 2.51. The molecular formula is C11H8ClF3N2O2. The Labute approximate surface area is 110 Å². The van der Waals surface area contributed by atoms with Crippen molar-refractivity contribution in [1.29, 1.82) is 0 Å². The van der Waals surface area contributed by atoms with Crippen LogP contribution in [0.4, 0.5) is 13.2 Å². The number of carbonyl (C=O) groups is 1. The van der Waals surface area contributed by atoms with Crippen LogP contribution in [0, 0.1) is 0 Å². The molecule has 0 aromatic carbocycles. The van der Waals surface area contributed by atoms with E-state index in [2.05, 4.69) is 4.98 Å². The van der Waals surface area contributed by atoms with Crippen molar-refractivity contribution in [2.24, 2.45) is 0 Å². The summed E-state index contributed by atoms with van der Waals surface area (Å²) in [5.74, 6) is -0.759. The van der Waals surface area contributed by atoms with Crippen LogP contribution in [0.25, 0.3) is 5.65 Å². The summed E-state index contributed by atoms with van der Waals surface area (Å²) >= 11 is 5.73. The van der Waals surface area contributed by atoms with E-state index >= 15 is 0 Å². The van der Waals surface area contributed by atoms with Gasteiger partial charge in [-0.2, -0.15) is 13.2 Å². The van der Waals surface area contributed by atoms with Gasteiger partial charge in [-0.05, 0) is 13.0 Å². The van der Waals surface area contributed by atoms with Crippen LogP contribution in [0.15, 0.2) is 18.5 Å².